The van der Waals surface area contributed by atoms with Gasteiger partial charge in [-0.05, 0) is 49.6 Å². The molecule has 0 spiro atoms. The van der Waals surface area contributed by atoms with Crippen molar-refractivity contribution in [2.75, 3.05) is 31.1 Å². The van der Waals surface area contributed by atoms with Gasteiger partial charge in [0.2, 0.25) is 5.91 Å². The lowest BCUT2D eigenvalue weighted by Crippen LogP contribution is -2.50. The van der Waals surface area contributed by atoms with Gasteiger partial charge in [-0.1, -0.05) is 50.6 Å². The molecule has 4 aromatic rings. The van der Waals surface area contributed by atoms with Gasteiger partial charge in [-0.2, -0.15) is 5.10 Å². The van der Waals surface area contributed by atoms with Gasteiger partial charge in [0.25, 0.3) is 0 Å². The predicted molar refractivity (Wildman–Crippen MR) is 148 cm³/mol. The molecule has 2 aromatic heterocycles. The number of carbonyl (C=O) groups excluding carboxylic acids is 1. The lowest BCUT2D eigenvalue weighted by atomic mass is 9.95. The largest absolute Gasteiger partial charge is 0.352 e. The molecule has 1 saturated heterocycles. The van der Waals surface area contributed by atoms with Gasteiger partial charge in [-0.25, -0.2) is 19.0 Å². The molecule has 198 valence electrons. The smallest absolute Gasteiger partial charge is 0.230 e. The van der Waals surface area contributed by atoms with Crippen LogP contribution in [0.1, 0.15) is 56.1 Å². The minimum absolute atomic E-state index is 0.120. The molecule has 1 aliphatic heterocycles. The summed E-state index contributed by atoms with van der Waals surface area (Å²) in [5.74, 6) is 1.44. The second-order valence-corrected chi connectivity index (χ2v) is 9.92. The molecule has 0 aliphatic carbocycles. The number of fused-ring (bicyclic) bond motifs is 1. The molecule has 7 nitrogen and oxygen atoms in total. The fourth-order valence-corrected chi connectivity index (χ4v) is 5.24. The maximum Gasteiger partial charge on any atom is 0.230 e. The number of carbonyl (C=O) groups is 1. The van der Waals surface area contributed by atoms with Crippen molar-refractivity contribution in [1.82, 2.24) is 24.6 Å². The zero-order valence-corrected chi connectivity index (χ0v) is 22.4. The highest BCUT2D eigenvalue weighted by atomic mass is 19.1. The van der Waals surface area contributed by atoms with Crippen molar-refractivity contribution in [3.63, 3.8) is 0 Å². The first-order valence-electron chi connectivity index (χ1n) is 13.6. The van der Waals surface area contributed by atoms with E-state index in [1.165, 1.54) is 12.1 Å². The van der Waals surface area contributed by atoms with Crippen LogP contribution in [0.4, 0.5) is 10.2 Å². The fourth-order valence-electron chi connectivity index (χ4n) is 5.24. The molecule has 1 atom stereocenters. The van der Waals surface area contributed by atoms with E-state index in [0.717, 1.165) is 65.3 Å². The number of halogens is 1. The highest BCUT2D eigenvalue weighted by Gasteiger charge is 2.29. The first-order chi connectivity index (χ1) is 18.5. The number of nitrogens with zero attached hydrogens (tertiary/aromatic N) is 6. The Labute approximate surface area is 223 Å². The standard InChI is InChI=1S/C30H35FN6O/c1-4-6-12-26-32-28(27-21(3)34-37(29(27)33-26)24-15-13-23(31)14-16-24)35-17-19-36(20-18-35)30(38)25(5-2)22-10-8-7-9-11-22/h7-11,13-16,25H,4-6,12,17-20H2,1-3H3. The zero-order valence-electron chi connectivity index (χ0n) is 22.4. The molecular formula is C30H35FN6O. The Balaban J connectivity index is 1.44. The van der Waals surface area contributed by atoms with Crippen LogP contribution in [0.2, 0.25) is 0 Å². The number of rotatable bonds is 8. The molecule has 8 heteroatoms. The normalized spacial score (nSPS) is 14.7. The molecule has 3 heterocycles. The van der Waals surface area contributed by atoms with Gasteiger partial charge in [0.05, 0.1) is 22.7 Å². The molecule has 1 unspecified atom stereocenters. The van der Waals surface area contributed by atoms with Crippen molar-refractivity contribution >= 4 is 22.8 Å². The molecule has 1 aliphatic rings. The van der Waals surface area contributed by atoms with E-state index in [1.54, 1.807) is 16.8 Å². The summed E-state index contributed by atoms with van der Waals surface area (Å²) in [6.07, 6.45) is 3.60. The van der Waals surface area contributed by atoms with E-state index in [9.17, 15) is 9.18 Å². The van der Waals surface area contributed by atoms with Crippen molar-refractivity contribution in [2.24, 2.45) is 0 Å². The summed E-state index contributed by atoms with van der Waals surface area (Å²) < 4.78 is 15.4. The molecule has 0 N–H and O–H groups in total. The number of hydrogen-bond donors (Lipinski definition) is 0. The summed E-state index contributed by atoms with van der Waals surface area (Å²) in [6, 6.07) is 16.4. The van der Waals surface area contributed by atoms with Crippen LogP contribution < -0.4 is 4.90 Å². The van der Waals surface area contributed by atoms with Crippen LogP contribution in [0, 0.1) is 12.7 Å². The molecule has 0 saturated carbocycles. The summed E-state index contributed by atoms with van der Waals surface area (Å²) in [7, 11) is 0. The Hall–Kier alpha value is -3.81. The van der Waals surface area contributed by atoms with E-state index in [4.69, 9.17) is 15.1 Å². The average molecular weight is 515 g/mol. The van der Waals surface area contributed by atoms with E-state index in [1.807, 2.05) is 42.2 Å². The van der Waals surface area contributed by atoms with E-state index >= 15 is 0 Å². The third-order valence-electron chi connectivity index (χ3n) is 7.35. The highest BCUT2D eigenvalue weighted by molar-refractivity contribution is 5.91. The lowest BCUT2D eigenvalue weighted by Gasteiger charge is -2.37. The van der Waals surface area contributed by atoms with Gasteiger partial charge >= 0.3 is 0 Å². The SMILES string of the molecule is CCCCc1nc(N2CCN(C(=O)C(CC)c3ccccc3)CC2)c2c(C)nn(-c3ccc(F)cc3)c2n1. The number of aryl methyl sites for hydroxylation is 2. The van der Waals surface area contributed by atoms with Crippen molar-refractivity contribution in [3.8, 4) is 5.69 Å². The van der Waals surface area contributed by atoms with E-state index in [2.05, 4.69) is 18.7 Å². The van der Waals surface area contributed by atoms with Gasteiger partial charge in [0, 0.05) is 32.6 Å². The van der Waals surface area contributed by atoms with Gasteiger partial charge in [-0.3, -0.25) is 4.79 Å². The van der Waals surface area contributed by atoms with E-state index in [0.29, 0.717) is 26.2 Å². The summed E-state index contributed by atoms with van der Waals surface area (Å²) in [4.78, 5) is 27.6. The molecular weight excluding hydrogens is 479 g/mol. The number of anilines is 1. The molecule has 38 heavy (non-hydrogen) atoms. The average Bonchev–Trinajstić information content (AvgIpc) is 3.29. The third-order valence-corrected chi connectivity index (χ3v) is 7.35. The summed E-state index contributed by atoms with van der Waals surface area (Å²) in [6.45, 7) is 8.86. The van der Waals surface area contributed by atoms with Crippen LogP contribution in [0.15, 0.2) is 54.6 Å². The predicted octanol–water partition coefficient (Wildman–Crippen LogP) is 5.45. The van der Waals surface area contributed by atoms with Crippen LogP contribution in [0.25, 0.3) is 16.7 Å². The third kappa shape index (κ3) is 5.12. The first kappa shape index (κ1) is 25.8. The van der Waals surface area contributed by atoms with Crippen LogP contribution in [-0.4, -0.2) is 56.7 Å². The lowest BCUT2D eigenvalue weighted by molar-refractivity contribution is -0.133. The zero-order chi connectivity index (χ0) is 26.6. The number of aromatic nitrogens is 4. The maximum absolute atomic E-state index is 13.6. The van der Waals surface area contributed by atoms with Crippen molar-refractivity contribution in [2.45, 2.75) is 52.4 Å². The number of unbranched alkanes of at least 4 members (excludes halogenated alkanes) is 1. The maximum atomic E-state index is 13.6. The molecule has 1 fully saturated rings. The number of piperazine rings is 1. The minimum Gasteiger partial charge on any atom is -0.352 e. The molecule has 5 rings (SSSR count). The van der Waals surface area contributed by atoms with Gasteiger partial charge in [-0.15, -0.1) is 0 Å². The minimum atomic E-state index is -0.286. The van der Waals surface area contributed by atoms with Gasteiger partial charge in [0.15, 0.2) is 5.65 Å². The summed E-state index contributed by atoms with van der Waals surface area (Å²) in [5.41, 5.74) is 3.40. The quantitative estimate of drug-likeness (QED) is 0.313. The summed E-state index contributed by atoms with van der Waals surface area (Å²) >= 11 is 0. The number of hydrogen-bond acceptors (Lipinski definition) is 5. The van der Waals surface area contributed by atoms with Crippen LogP contribution in [0.3, 0.4) is 0 Å². The second-order valence-electron chi connectivity index (χ2n) is 9.92. The van der Waals surface area contributed by atoms with Crippen molar-refractivity contribution in [1.29, 1.82) is 0 Å². The Morgan fingerprint density at radius 1 is 0.974 bits per heavy atom. The van der Waals surface area contributed by atoms with Crippen molar-refractivity contribution < 1.29 is 9.18 Å². The van der Waals surface area contributed by atoms with Crippen LogP contribution in [-0.2, 0) is 11.2 Å². The second kappa shape index (κ2) is 11.3. The number of amides is 1. The Morgan fingerprint density at radius 3 is 2.34 bits per heavy atom. The monoisotopic (exact) mass is 514 g/mol. The van der Waals surface area contributed by atoms with Crippen LogP contribution in [0.5, 0.6) is 0 Å². The first-order valence-corrected chi connectivity index (χ1v) is 13.6. The van der Waals surface area contributed by atoms with Gasteiger partial charge < -0.3 is 9.80 Å². The Kier molecular flexibility index (Phi) is 7.67. The fraction of sp³-hybridized carbons (Fsp3) is 0.400. The summed E-state index contributed by atoms with van der Waals surface area (Å²) in [5, 5.41) is 5.69. The molecule has 0 bridgehead atoms. The highest BCUT2D eigenvalue weighted by Crippen LogP contribution is 2.31. The van der Waals surface area contributed by atoms with E-state index in [-0.39, 0.29) is 17.6 Å². The molecule has 2 aromatic carbocycles. The van der Waals surface area contributed by atoms with Crippen molar-refractivity contribution in [3.05, 3.63) is 77.5 Å². The Morgan fingerprint density at radius 2 is 1.68 bits per heavy atom. The van der Waals surface area contributed by atoms with Crippen LogP contribution >= 0.6 is 0 Å². The van der Waals surface area contributed by atoms with Gasteiger partial charge in [0.1, 0.15) is 17.5 Å². The number of benzene rings is 2. The molecule has 1 amide bonds. The topological polar surface area (TPSA) is 67.2 Å². The molecule has 0 radical (unpaired) electrons. The van der Waals surface area contributed by atoms with E-state index < -0.39 is 0 Å². The Bertz CT molecular complexity index is 1390.